The first-order valence-electron chi connectivity index (χ1n) is 13.5. The van der Waals surface area contributed by atoms with Gasteiger partial charge in [-0.15, -0.1) is 0 Å². The van der Waals surface area contributed by atoms with Crippen molar-refractivity contribution in [2.45, 2.75) is 63.7 Å². The quantitative estimate of drug-likeness (QED) is 0.0453. The van der Waals surface area contributed by atoms with Crippen LogP contribution in [0.15, 0.2) is 29.3 Å². The molecule has 0 unspecified atom stereocenters. The van der Waals surface area contributed by atoms with Crippen molar-refractivity contribution in [1.29, 1.82) is 0 Å². The highest BCUT2D eigenvalue weighted by molar-refractivity contribution is 5.94. The Balaban J connectivity index is 2.70. The zero-order valence-corrected chi connectivity index (χ0v) is 23.8. The summed E-state index contributed by atoms with van der Waals surface area (Å²) in [5.74, 6) is -4.09. The number of nitrogens with one attached hydrogen (secondary N) is 4. The lowest BCUT2D eigenvalue weighted by molar-refractivity contribution is -0.133. The van der Waals surface area contributed by atoms with Gasteiger partial charge in [-0.3, -0.25) is 29.0 Å². The van der Waals surface area contributed by atoms with Gasteiger partial charge in [0, 0.05) is 6.54 Å². The summed E-state index contributed by atoms with van der Waals surface area (Å²) >= 11 is 0. The number of carbonyl (C=O) groups excluding carboxylic acids is 5. The van der Waals surface area contributed by atoms with Gasteiger partial charge in [0.1, 0.15) is 23.9 Å². The van der Waals surface area contributed by atoms with E-state index in [1.54, 1.807) is 19.1 Å². The fourth-order valence-corrected chi connectivity index (χ4v) is 3.72. The molecule has 234 valence electrons. The molecule has 16 heteroatoms. The number of hydrogen-bond donors (Lipinski definition) is 10. The molecule has 14 N–H and O–H groups in total. The number of nitrogens with zero attached hydrogens (tertiary/aromatic N) is 1. The Morgan fingerprint density at radius 1 is 0.929 bits per heavy atom. The third-order valence-electron chi connectivity index (χ3n) is 6.38. The highest BCUT2D eigenvalue weighted by Gasteiger charge is 2.29. The molecule has 0 saturated carbocycles. The van der Waals surface area contributed by atoms with Crippen LogP contribution in [-0.4, -0.2) is 89.6 Å². The topological polar surface area (TPSA) is 290 Å². The number of aliphatic hydroxyl groups is 1. The van der Waals surface area contributed by atoms with Gasteiger partial charge >= 0.3 is 0 Å². The number of phenols is 1. The lowest BCUT2D eigenvalue weighted by Crippen LogP contribution is -2.57. The van der Waals surface area contributed by atoms with Gasteiger partial charge in [0.2, 0.25) is 29.5 Å². The Morgan fingerprint density at radius 2 is 1.57 bits per heavy atom. The number of primary amides is 1. The van der Waals surface area contributed by atoms with E-state index in [-0.39, 0.29) is 37.0 Å². The second-order valence-electron chi connectivity index (χ2n) is 9.78. The molecule has 1 rings (SSSR count). The molecule has 0 aliphatic rings. The number of carbonyl (C=O) groups is 5. The van der Waals surface area contributed by atoms with Crippen LogP contribution >= 0.6 is 0 Å². The number of aliphatic hydroxyl groups excluding tert-OH is 1. The molecule has 0 aliphatic carbocycles. The zero-order chi connectivity index (χ0) is 31.8. The van der Waals surface area contributed by atoms with Gasteiger partial charge in [-0.1, -0.05) is 32.4 Å². The number of benzene rings is 1. The second kappa shape index (κ2) is 18.1. The van der Waals surface area contributed by atoms with Crippen LogP contribution in [0, 0.1) is 5.92 Å². The van der Waals surface area contributed by atoms with Gasteiger partial charge in [-0.2, -0.15) is 0 Å². The van der Waals surface area contributed by atoms with Crippen LogP contribution in [0.3, 0.4) is 0 Å². The third-order valence-corrected chi connectivity index (χ3v) is 6.38. The van der Waals surface area contributed by atoms with Crippen LogP contribution in [0.25, 0.3) is 0 Å². The van der Waals surface area contributed by atoms with Gasteiger partial charge in [-0.25, -0.2) is 0 Å². The Morgan fingerprint density at radius 3 is 2.12 bits per heavy atom. The molecule has 0 aromatic heterocycles. The van der Waals surface area contributed by atoms with E-state index in [0.29, 0.717) is 18.4 Å². The molecule has 0 bridgehead atoms. The molecule has 0 spiro atoms. The smallest absolute Gasteiger partial charge is 0.245 e. The minimum absolute atomic E-state index is 0.0751. The monoisotopic (exact) mass is 593 g/mol. The van der Waals surface area contributed by atoms with E-state index >= 15 is 0 Å². The lowest BCUT2D eigenvalue weighted by Gasteiger charge is -2.25. The maximum absolute atomic E-state index is 12.9. The molecule has 16 nitrogen and oxygen atoms in total. The summed E-state index contributed by atoms with van der Waals surface area (Å²) in [7, 11) is 0. The van der Waals surface area contributed by atoms with Gasteiger partial charge in [0.05, 0.1) is 19.2 Å². The highest BCUT2D eigenvalue weighted by atomic mass is 16.3. The normalized spacial score (nSPS) is 14.3. The average Bonchev–Trinajstić information content (AvgIpc) is 2.94. The molecule has 0 heterocycles. The van der Waals surface area contributed by atoms with Crippen molar-refractivity contribution in [3.05, 3.63) is 29.8 Å². The summed E-state index contributed by atoms with van der Waals surface area (Å²) in [6.45, 7) is 2.40. The molecule has 0 aliphatic heterocycles. The van der Waals surface area contributed by atoms with Crippen LogP contribution < -0.4 is 44.2 Å². The minimum atomic E-state index is -1.43. The third kappa shape index (κ3) is 12.8. The van der Waals surface area contributed by atoms with Gasteiger partial charge in [-0.05, 0) is 42.9 Å². The predicted octanol–water partition coefficient (Wildman–Crippen LogP) is -3.59. The van der Waals surface area contributed by atoms with Crippen molar-refractivity contribution in [2.75, 3.05) is 19.7 Å². The Kier molecular flexibility index (Phi) is 15.3. The largest absolute Gasteiger partial charge is 0.508 e. The van der Waals surface area contributed by atoms with Crippen molar-refractivity contribution in [1.82, 2.24) is 21.3 Å². The molecule has 0 radical (unpaired) electrons. The number of amides is 5. The summed E-state index contributed by atoms with van der Waals surface area (Å²) < 4.78 is 0. The van der Waals surface area contributed by atoms with E-state index < -0.39 is 66.9 Å². The van der Waals surface area contributed by atoms with Crippen LogP contribution in [-0.2, 0) is 30.4 Å². The fourth-order valence-electron chi connectivity index (χ4n) is 3.72. The summed E-state index contributed by atoms with van der Waals surface area (Å²) in [6.07, 6.45) is 1.13. The Bertz CT molecular complexity index is 1090. The number of phenolic OH excluding ortho intramolecular Hbond substituents is 1. The number of rotatable bonds is 18. The number of nitrogens with two attached hydrogens (primary N) is 4. The van der Waals surface area contributed by atoms with Gasteiger partial charge in [0.15, 0.2) is 5.96 Å². The SMILES string of the molecule is CC[C@H](C)[C@H](NC(=O)[C@@H](N)Cc1ccc(O)cc1)C(=O)NCC(=O)N[C@@H](CO)C(=O)N[C@@H](CCCN=C(N)N)C(N)=O. The molecule has 0 saturated heterocycles. The molecular formula is C26H43N9O7. The van der Waals surface area contributed by atoms with Gasteiger partial charge < -0.3 is 54.4 Å². The van der Waals surface area contributed by atoms with Gasteiger partial charge in [0.25, 0.3) is 0 Å². The van der Waals surface area contributed by atoms with E-state index in [2.05, 4.69) is 26.3 Å². The summed E-state index contributed by atoms with van der Waals surface area (Å²) in [6, 6.07) is 1.68. The maximum Gasteiger partial charge on any atom is 0.245 e. The molecule has 0 fully saturated rings. The standard InChI is InChI=1S/C26H43N9O7/c1-3-14(2)21(35-23(40)17(27)11-15-6-8-16(37)9-7-15)25(42)32-12-20(38)33-19(13-36)24(41)34-18(22(28)39)5-4-10-31-26(29)30/h6-9,14,17-19,21,36-37H,3-5,10-13,27H2,1-2H3,(H2,28,39)(H,32,42)(H,33,38)(H,34,41)(H,35,40)(H4,29,30,31)/t14-,17-,18-,19-,21-/m0/s1. The van der Waals surface area contributed by atoms with Crippen LogP contribution in [0.2, 0.25) is 0 Å². The van der Waals surface area contributed by atoms with E-state index in [0.717, 1.165) is 0 Å². The average molecular weight is 594 g/mol. The molecule has 1 aromatic carbocycles. The van der Waals surface area contributed by atoms with Crippen molar-refractivity contribution < 1.29 is 34.2 Å². The first-order valence-corrected chi connectivity index (χ1v) is 13.5. The van der Waals surface area contributed by atoms with Crippen LogP contribution in [0.5, 0.6) is 5.75 Å². The van der Waals surface area contributed by atoms with E-state index in [1.807, 2.05) is 6.92 Å². The van der Waals surface area contributed by atoms with Crippen LogP contribution in [0.4, 0.5) is 0 Å². The lowest BCUT2D eigenvalue weighted by atomic mass is 9.97. The van der Waals surface area contributed by atoms with Crippen molar-refractivity contribution in [3.63, 3.8) is 0 Å². The first-order chi connectivity index (χ1) is 19.8. The number of hydrogen-bond acceptors (Lipinski definition) is 9. The Labute approximate surface area is 244 Å². The zero-order valence-electron chi connectivity index (χ0n) is 23.8. The van der Waals surface area contributed by atoms with Crippen LogP contribution in [0.1, 0.15) is 38.7 Å². The van der Waals surface area contributed by atoms with Crippen molar-refractivity contribution in [2.24, 2.45) is 33.8 Å². The molecule has 5 amide bonds. The Hall–Kier alpha value is -4.44. The highest BCUT2D eigenvalue weighted by Crippen LogP contribution is 2.12. The van der Waals surface area contributed by atoms with E-state index in [4.69, 9.17) is 22.9 Å². The minimum Gasteiger partial charge on any atom is -0.508 e. The number of aromatic hydroxyl groups is 1. The maximum atomic E-state index is 12.9. The number of aliphatic imine (C=N–C) groups is 1. The molecule has 5 atom stereocenters. The molecule has 42 heavy (non-hydrogen) atoms. The number of guanidine groups is 1. The molecule has 1 aromatic rings. The van der Waals surface area contributed by atoms with Crippen molar-refractivity contribution >= 4 is 35.5 Å². The summed E-state index contributed by atoms with van der Waals surface area (Å²) in [5, 5.41) is 28.7. The second-order valence-corrected chi connectivity index (χ2v) is 9.78. The summed E-state index contributed by atoms with van der Waals surface area (Å²) in [5.41, 5.74) is 22.5. The van der Waals surface area contributed by atoms with E-state index in [9.17, 15) is 34.2 Å². The fraction of sp³-hybridized carbons (Fsp3) is 0.538. The first kappa shape index (κ1) is 35.6. The predicted molar refractivity (Wildman–Crippen MR) is 154 cm³/mol. The molecular weight excluding hydrogens is 550 g/mol. The van der Waals surface area contributed by atoms with E-state index in [1.165, 1.54) is 12.1 Å². The van der Waals surface area contributed by atoms with Crippen molar-refractivity contribution in [3.8, 4) is 5.75 Å². The summed E-state index contributed by atoms with van der Waals surface area (Å²) in [4.78, 5) is 66.1.